The Morgan fingerprint density at radius 1 is 1.48 bits per heavy atom. The van der Waals surface area contributed by atoms with Crippen LogP contribution >= 0.6 is 11.6 Å². The van der Waals surface area contributed by atoms with Crippen LogP contribution in [0.2, 0.25) is 5.02 Å². The van der Waals surface area contributed by atoms with Crippen molar-refractivity contribution in [3.8, 4) is 0 Å². The fraction of sp³-hybridized carbons (Fsp3) is 0.385. The summed E-state index contributed by atoms with van der Waals surface area (Å²) in [6.07, 6.45) is 0.225. The quantitative estimate of drug-likeness (QED) is 0.638. The molecule has 8 heteroatoms. The molecule has 0 aliphatic heterocycles. The Bertz CT molecular complexity index is 605. The van der Waals surface area contributed by atoms with E-state index in [1.54, 1.807) is 6.92 Å². The minimum atomic E-state index is -0.829. The molecule has 7 nitrogen and oxygen atoms in total. The van der Waals surface area contributed by atoms with Crippen LogP contribution in [0.1, 0.15) is 23.7 Å². The van der Waals surface area contributed by atoms with Gasteiger partial charge in [-0.3, -0.25) is 19.7 Å². The number of benzene rings is 1. The van der Waals surface area contributed by atoms with Crippen LogP contribution in [0.4, 0.5) is 5.69 Å². The third-order valence-electron chi connectivity index (χ3n) is 3.19. The Morgan fingerprint density at radius 3 is 2.76 bits per heavy atom. The van der Waals surface area contributed by atoms with Gasteiger partial charge in [0.15, 0.2) is 0 Å². The summed E-state index contributed by atoms with van der Waals surface area (Å²) < 4.78 is 0. The maximum absolute atomic E-state index is 11.9. The molecule has 1 aliphatic rings. The number of rotatable bonds is 5. The van der Waals surface area contributed by atoms with Crippen molar-refractivity contribution in [3.05, 3.63) is 38.9 Å². The van der Waals surface area contributed by atoms with Gasteiger partial charge in [0, 0.05) is 22.9 Å². The second-order valence-corrected chi connectivity index (χ2v) is 5.17. The molecule has 2 rings (SSSR count). The van der Waals surface area contributed by atoms with Gasteiger partial charge in [-0.1, -0.05) is 11.6 Å². The van der Waals surface area contributed by atoms with Gasteiger partial charge in [-0.25, -0.2) is 0 Å². The molecule has 2 atom stereocenters. The first-order chi connectivity index (χ1) is 9.93. The summed E-state index contributed by atoms with van der Waals surface area (Å²) in [5.41, 5.74) is 0.528. The molecule has 0 unspecified atom stereocenters. The molecule has 1 saturated carbocycles. The number of hydrogen-bond donors (Lipinski definition) is 2. The van der Waals surface area contributed by atoms with E-state index in [4.69, 9.17) is 11.6 Å². The molecule has 0 aromatic heterocycles. The van der Waals surface area contributed by atoms with Crippen molar-refractivity contribution in [1.29, 1.82) is 0 Å². The van der Waals surface area contributed by atoms with Crippen molar-refractivity contribution in [2.75, 3.05) is 11.9 Å². The molecule has 0 radical (unpaired) electrons. The standard InChI is InChI=1S/C13H14ClN3O4/c1-2-15-12(18)8-5-7(14)3-4-10(8)16-13(19)9-6-11(9)17(20)21/h3-5,9,11H,2,6H2,1H3,(H,15,18)(H,16,19)/t9-,11-/m1/s1. The van der Waals surface area contributed by atoms with E-state index >= 15 is 0 Å². The summed E-state index contributed by atoms with van der Waals surface area (Å²) in [5, 5.41) is 16.1. The number of carbonyl (C=O) groups excluding carboxylic acids is 2. The fourth-order valence-corrected chi connectivity index (χ4v) is 2.16. The van der Waals surface area contributed by atoms with E-state index < -0.39 is 22.8 Å². The summed E-state index contributed by atoms with van der Waals surface area (Å²) in [7, 11) is 0. The van der Waals surface area contributed by atoms with Gasteiger partial charge >= 0.3 is 0 Å². The number of carbonyl (C=O) groups is 2. The summed E-state index contributed by atoms with van der Waals surface area (Å²) in [6, 6.07) is 3.66. The van der Waals surface area contributed by atoms with Crippen molar-refractivity contribution in [3.63, 3.8) is 0 Å². The maximum Gasteiger partial charge on any atom is 0.253 e. The van der Waals surface area contributed by atoms with E-state index in [0.717, 1.165) is 0 Å². The van der Waals surface area contributed by atoms with Gasteiger partial charge in [0.25, 0.3) is 5.91 Å². The Hall–Kier alpha value is -2.15. The maximum atomic E-state index is 11.9. The number of nitrogens with one attached hydrogen (secondary N) is 2. The molecular formula is C13H14ClN3O4. The number of hydrogen-bond acceptors (Lipinski definition) is 4. The summed E-state index contributed by atoms with van der Waals surface area (Å²) in [4.78, 5) is 34.0. The molecule has 1 aliphatic carbocycles. The van der Waals surface area contributed by atoms with Crippen LogP contribution in [0.25, 0.3) is 0 Å². The number of anilines is 1. The lowest BCUT2D eigenvalue weighted by Crippen LogP contribution is -2.25. The second kappa shape index (κ2) is 6.09. The highest BCUT2D eigenvalue weighted by atomic mass is 35.5. The molecular weight excluding hydrogens is 298 g/mol. The second-order valence-electron chi connectivity index (χ2n) is 4.73. The van der Waals surface area contributed by atoms with Gasteiger partial charge in [-0.2, -0.15) is 0 Å². The van der Waals surface area contributed by atoms with Crippen LogP contribution in [-0.2, 0) is 4.79 Å². The zero-order valence-electron chi connectivity index (χ0n) is 11.3. The molecule has 0 heterocycles. The van der Waals surface area contributed by atoms with Crippen molar-refractivity contribution >= 4 is 29.1 Å². The van der Waals surface area contributed by atoms with E-state index in [0.29, 0.717) is 17.3 Å². The fourth-order valence-electron chi connectivity index (χ4n) is 1.99. The molecule has 1 aromatic carbocycles. The largest absolute Gasteiger partial charge is 0.352 e. The SMILES string of the molecule is CCNC(=O)c1cc(Cl)ccc1NC(=O)[C@@H]1C[C@H]1[N+](=O)[O-]. The van der Waals surface area contributed by atoms with Crippen molar-refractivity contribution in [1.82, 2.24) is 5.32 Å². The van der Waals surface area contributed by atoms with Crippen molar-refractivity contribution < 1.29 is 14.5 Å². The lowest BCUT2D eigenvalue weighted by atomic mass is 10.1. The average Bonchev–Trinajstić information content (AvgIpc) is 3.21. The van der Waals surface area contributed by atoms with Gasteiger partial charge in [-0.15, -0.1) is 0 Å². The van der Waals surface area contributed by atoms with Crippen LogP contribution in [0, 0.1) is 16.0 Å². The van der Waals surface area contributed by atoms with Crippen LogP contribution in [0.3, 0.4) is 0 Å². The average molecular weight is 312 g/mol. The van der Waals surface area contributed by atoms with E-state index in [1.165, 1.54) is 18.2 Å². The molecule has 2 amide bonds. The molecule has 0 bridgehead atoms. The number of amides is 2. The normalized spacial score (nSPS) is 19.7. The Balaban J connectivity index is 2.14. The van der Waals surface area contributed by atoms with Gasteiger partial charge in [0.2, 0.25) is 11.9 Å². The van der Waals surface area contributed by atoms with E-state index in [9.17, 15) is 19.7 Å². The minimum Gasteiger partial charge on any atom is -0.352 e. The molecule has 2 N–H and O–H groups in total. The smallest absolute Gasteiger partial charge is 0.253 e. The first-order valence-corrected chi connectivity index (χ1v) is 6.84. The highest BCUT2D eigenvalue weighted by Gasteiger charge is 2.53. The van der Waals surface area contributed by atoms with Gasteiger partial charge in [-0.05, 0) is 25.1 Å². The monoisotopic (exact) mass is 311 g/mol. The molecule has 0 saturated heterocycles. The predicted octanol–water partition coefficient (Wildman–Crippen LogP) is 1.69. The topological polar surface area (TPSA) is 101 Å². The minimum absolute atomic E-state index is 0.225. The Morgan fingerprint density at radius 2 is 2.19 bits per heavy atom. The van der Waals surface area contributed by atoms with Gasteiger partial charge < -0.3 is 10.6 Å². The summed E-state index contributed by atoms with van der Waals surface area (Å²) >= 11 is 5.86. The third kappa shape index (κ3) is 3.49. The van der Waals surface area contributed by atoms with Crippen LogP contribution in [-0.4, -0.2) is 29.3 Å². The highest BCUT2D eigenvalue weighted by molar-refractivity contribution is 6.31. The first kappa shape index (κ1) is 15.2. The van der Waals surface area contributed by atoms with E-state index in [1.807, 2.05) is 0 Å². The summed E-state index contributed by atoms with van der Waals surface area (Å²) in [6.45, 7) is 2.21. The number of nitrogens with zero attached hydrogens (tertiary/aromatic N) is 1. The molecule has 0 spiro atoms. The molecule has 21 heavy (non-hydrogen) atoms. The lowest BCUT2D eigenvalue weighted by Gasteiger charge is -2.11. The number of nitro groups is 1. The van der Waals surface area contributed by atoms with E-state index in [-0.39, 0.29) is 17.9 Å². The summed E-state index contributed by atoms with van der Waals surface area (Å²) in [5.74, 6) is -1.46. The van der Waals surface area contributed by atoms with Crippen molar-refractivity contribution in [2.45, 2.75) is 19.4 Å². The zero-order valence-corrected chi connectivity index (χ0v) is 12.0. The first-order valence-electron chi connectivity index (χ1n) is 6.46. The number of halogens is 1. The molecule has 112 valence electrons. The van der Waals surface area contributed by atoms with E-state index in [2.05, 4.69) is 10.6 Å². The third-order valence-corrected chi connectivity index (χ3v) is 3.42. The van der Waals surface area contributed by atoms with Crippen molar-refractivity contribution in [2.24, 2.45) is 5.92 Å². The molecule has 1 aromatic rings. The van der Waals surface area contributed by atoms with Gasteiger partial charge in [0.1, 0.15) is 5.92 Å². The lowest BCUT2D eigenvalue weighted by molar-refractivity contribution is -0.497. The van der Waals surface area contributed by atoms with Gasteiger partial charge in [0.05, 0.1) is 11.3 Å². The highest BCUT2D eigenvalue weighted by Crippen LogP contribution is 2.34. The Kier molecular flexibility index (Phi) is 4.42. The van der Waals surface area contributed by atoms with Crippen LogP contribution in [0.15, 0.2) is 18.2 Å². The zero-order chi connectivity index (χ0) is 15.6. The Labute approximate surface area is 125 Å². The predicted molar refractivity (Wildman–Crippen MR) is 77.0 cm³/mol. The molecule has 1 fully saturated rings. The van der Waals surface area contributed by atoms with Crippen LogP contribution in [0.5, 0.6) is 0 Å². The van der Waals surface area contributed by atoms with Crippen LogP contribution < -0.4 is 10.6 Å².